The van der Waals surface area contributed by atoms with Crippen molar-refractivity contribution in [3.05, 3.63) is 53.9 Å². The molecular weight excluding hydrogens is 520 g/mol. The molecule has 0 bridgehead atoms. The summed E-state index contributed by atoms with van der Waals surface area (Å²) in [6.07, 6.45) is 6.51. The predicted molar refractivity (Wildman–Crippen MR) is 162 cm³/mol. The van der Waals surface area contributed by atoms with Crippen molar-refractivity contribution in [3.63, 3.8) is 0 Å². The summed E-state index contributed by atoms with van der Waals surface area (Å²) < 4.78 is 17.3. The number of likely N-dealkylation sites (tertiary alicyclic amines) is 1. The lowest BCUT2D eigenvalue weighted by molar-refractivity contribution is 0.0357. The Morgan fingerprint density at radius 3 is 2.59 bits per heavy atom. The molecule has 1 aromatic heterocycles. The molecule has 0 radical (unpaired) electrons. The van der Waals surface area contributed by atoms with Crippen LogP contribution in [0.4, 0.5) is 10.6 Å². The molecular formula is C31H40N6O4. The fourth-order valence-corrected chi connectivity index (χ4v) is 5.11. The number of urea groups is 1. The van der Waals surface area contributed by atoms with Crippen LogP contribution in [0.1, 0.15) is 30.7 Å². The summed E-state index contributed by atoms with van der Waals surface area (Å²) in [4.78, 5) is 27.2. The summed E-state index contributed by atoms with van der Waals surface area (Å²) in [6.45, 7) is 6.87. The standard InChI is InChI=1S/C31H40N6O4/c1-36-14-11-24(12-15-36)32-31(38)35-30-25-21-28(41-18-6-13-37-16-19-40-20-17-37)27(39-2)22-26(25)33-29(34-30)10-9-23-7-4-3-5-8-23/h3-5,7-10,21-22,24H,6,11-20H2,1-2H3,(H2,32,33,34,35,38)/b10-9+. The van der Waals surface area contributed by atoms with Gasteiger partial charge >= 0.3 is 6.03 Å². The summed E-state index contributed by atoms with van der Waals surface area (Å²) in [6, 6.07) is 13.5. The van der Waals surface area contributed by atoms with Gasteiger partial charge in [-0.2, -0.15) is 0 Å². The highest BCUT2D eigenvalue weighted by Gasteiger charge is 2.20. The number of benzene rings is 2. The number of ether oxygens (including phenoxy) is 3. The van der Waals surface area contributed by atoms with Crippen molar-refractivity contribution in [2.75, 3.05) is 72.0 Å². The van der Waals surface area contributed by atoms with Gasteiger partial charge in [0.1, 0.15) is 5.82 Å². The molecule has 0 unspecified atom stereocenters. The van der Waals surface area contributed by atoms with Gasteiger partial charge in [0, 0.05) is 37.1 Å². The number of hydrogen-bond acceptors (Lipinski definition) is 8. The Balaban J connectivity index is 1.37. The molecule has 0 saturated carbocycles. The Morgan fingerprint density at radius 2 is 1.83 bits per heavy atom. The number of methoxy groups -OCH3 is 1. The second-order valence-corrected chi connectivity index (χ2v) is 10.5. The maximum Gasteiger partial charge on any atom is 0.320 e. The summed E-state index contributed by atoms with van der Waals surface area (Å²) in [5, 5.41) is 6.79. The van der Waals surface area contributed by atoms with Crippen molar-refractivity contribution >= 4 is 34.9 Å². The number of nitrogens with one attached hydrogen (secondary N) is 2. The van der Waals surface area contributed by atoms with E-state index in [2.05, 4.69) is 27.5 Å². The zero-order chi connectivity index (χ0) is 28.4. The number of amides is 2. The van der Waals surface area contributed by atoms with Crippen molar-refractivity contribution in [2.45, 2.75) is 25.3 Å². The van der Waals surface area contributed by atoms with Gasteiger partial charge in [-0.3, -0.25) is 10.2 Å². The lowest BCUT2D eigenvalue weighted by Gasteiger charge is -2.29. The molecule has 5 rings (SSSR count). The smallest absolute Gasteiger partial charge is 0.320 e. The van der Waals surface area contributed by atoms with Crippen LogP contribution in [0.2, 0.25) is 0 Å². The Bertz CT molecular complexity index is 1320. The lowest BCUT2D eigenvalue weighted by atomic mass is 10.1. The van der Waals surface area contributed by atoms with Crippen LogP contribution in [0.25, 0.3) is 23.1 Å². The largest absolute Gasteiger partial charge is 0.493 e. The number of morpholine rings is 1. The number of rotatable bonds is 10. The van der Waals surface area contributed by atoms with Crippen LogP contribution in [0.5, 0.6) is 11.5 Å². The van der Waals surface area contributed by atoms with Crippen LogP contribution in [0, 0.1) is 0 Å². The monoisotopic (exact) mass is 560 g/mol. The number of piperidine rings is 1. The minimum Gasteiger partial charge on any atom is -0.493 e. The van der Waals surface area contributed by atoms with Crippen LogP contribution in [0.15, 0.2) is 42.5 Å². The molecule has 2 amide bonds. The molecule has 2 saturated heterocycles. The van der Waals surface area contributed by atoms with E-state index in [9.17, 15) is 4.79 Å². The zero-order valence-electron chi connectivity index (χ0n) is 24.0. The first-order valence-electron chi connectivity index (χ1n) is 14.4. The summed E-state index contributed by atoms with van der Waals surface area (Å²) >= 11 is 0. The third kappa shape index (κ3) is 8.16. The van der Waals surface area contributed by atoms with Gasteiger partial charge < -0.3 is 24.4 Å². The lowest BCUT2D eigenvalue weighted by Crippen LogP contribution is -2.45. The van der Waals surface area contributed by atoms with Gasteiger partial charge in [0.15, 0.2) is 17.3 Å². The highest BCUT2D eigenvalue weighted by Crippen LogP contribution is 2.34. The normalized spacial score (nSPS) is 17.1. The first kappa shape index (κ1) is 28.8. The molecule has 10 nitrogen and oxygen atoms in total. The molecule has 2 fully saturated rings. The average molecular weight is 561 g/mol. The highest BCUT2D eigenvalue weighted by atomic mass is 16.5. The number of hydrogen-bond donors (Lipinski definition) is 2. The Kier molecular flexibility index (Phi) is 10.0. The number of nitrogens with zero attached hydrogens (tertiary/aromatic N) is 4. The second-order valence-electron chi connectivity index (χ2n) is 10.5. The van der Waals surface area contributed by atoms with Crippen molar-refractivity contribution in [3.8, 4) is 11.5 Å². The van der Waals surface area contributed by atoms with Gasteiger partial charge in [0.2, 0.25) is 0 Å². The predicted octanol–water partition coefficient (Wildman–Crippen LogP) is 4.13. The molecule has 2 aliphatic heterocycles. The molecule has 2 N–H and O–H groups in total. The quantitative estimate of drug-likeness (QED) is 0.357. The van der Waals surface area contributed by atoms with Crippen molar-refractivity contribution in [1.29, 1.82) is 0 Å². The average Bonchev–Trinajstić information content (AvgIpc) is 3.00. The maximum absolute atomic E-state index is 13.1. The second kappa shape index (κ2) is 14.2. The molecule has 3 heterocycles. The van der Waals surface area contributed by atoms with E-state index in [1.165, 1.54) is 0 Å². The van der Waals surface area contributed by atoms with Crippen molar-refractivity contribution in [2.24, 2.45) is 0 Å². The van der Waals surface area contributed by atoms with Crippen molar-refractivity contribution in [1.82, 2.24) is 25.1 Å². The van der Waals surface area contributed by atoms with Gasteiger partial charge in [0.05, 0.1) is 32.4 Å². The van der Waals surface area contributed by atoms with E-state index in [4.69, 9.17) is 24.2 Å². The Morgan fingerprint density at radius 1 is 1.05 bits per heavy atom. The third-order valence-electron chi connectivity index (χ3n) is 7.49. The SMILES string of the molecule is COc1cc2nc(/C=C/c3ccccc3)nc(NC(=O)NC3CCN(C)CC3)c2cc1OCCCN1CCOCC1. The molecule has 2 aromatic carbocycles. The van der Waals surface area contributed by atoms with Gasteiger partial charge in [-0.25, -0.2) is 14.8 Å². The number of carbonyl (C=O) groups excluding carboxylic acids is 1. The van der Waals surface area contributed by atoms with Crippen LogP contribution < -0.4 is 20.1 Å². The topological polar surface area (TPSA) is 101 Å². The van der Waals surface area contributed by atoms with Gasteiger partial charge in [0.25, 0.3) is 0 Å². The minimum atomic E-state index is -0.277. The Labute approximate surface area is 241 Å². The summed E-state index contributed by atoms with van der Waals surface area (Å²) in [5.74, 6) is 2.09. The van der Waals surface area contributed by atoms with Crippen LogP contribution in [-0.4, -0.2) is 98.5 Å². The third-order valence-corrected chi connectivity index (χ3v) is 7.49. The maximum atomic E-state index is 13.1. The molecule has 10 heteroatoms. The Hall–Kier alpha value is -3.73. The van der Waals surface area contributed by atoms with E-state index in [1.807, 2.05) is 54.6 Å². The molecule has 218 valence electrons. The van der Waals surface area contributed by atoms with Crippen LogP contribution in [0.3, 0.4) is 0 Å². The summed E-state index contributed by atoms with van der Waals surface area (Å²) in [7, 11) is 3.72. The van der Waals surface area contributed by atoms with Gasteiger partial charge in [-0.1, -0.05) is 36.4 Å². The van der Waals surface area contributed by atoms with E-state index < -0.39 is 0 Å². The van der Waals surface area contributed by atoms with Crippen LogP contribution >= 0.6 is 0 Å². The highest BCUT2D eigenvalue weighted by molar-refractivity contribution is 6.00. The fourth-order valence-electron chi connectivity index (χ4n) is 5.11. The first-order chi connectivity index (χ1) is 20.1. The van der Waals surface area contributed by atoms with Crippen molar-refractivity contribution < 1.29 is 19.0 Å². The molecule has 0 aliphatic carbocycles. The van der Waals surface area contributed by atoms with E-state index >= 15 is 0 Å². The van der Waals surface area contributed by atoms with Crippen LogP contribution in [-0.2, 0) is 4.74 Å². The first-order valence-corrected chi connectivity index (χ1v) is 14.4. The van der Waals surface area contributed by atoms with E-state index in [1.54, 1.807) is 7.11 Å². The molecule has 0 atom stereocenters. The van der Waals surface area contributed by atoms with E-state index in [-0.39, 0.29) is 12.1 Å². The molecule has 2 aliphatic rings. The van der Waals surface area contributed by atoms with E-state index in [0.29, 0.717) is 40.7 Å². The molecule has 41 heavy (non-hydrogen) atoms. The van der Waals surface area contributed by atoms with Gasteiger partial charge in [-0.05, 0) is 57.1 Å². The number of anilines is 1. The number of fused-ring (bicyclic) bond motifs is 1. The number of aromatic nitrogens is 2. The number of carbonyl (C=O) groups is 1. The molecule has 3 aromatic rings. The van der Waals surface area contributed by atoms with Gasteiger partial charge in [-0.15, -0.1) is 0 Å². The minimum absolute atomic E-state index is 0.127. The fraction of sp³-hybridized carbons (Fsp3) is 0.452. The summed E-state index contributed by atoms with van der Waals surface area (Å²) in [5.41, 5.74) is 1.68. The zero-order valence-corrected chi connectivity index (χ0v) is 24.0. The molecule has 0 spiro atoms. The van der Waals surface area contributed by atoms with E-state index in [0.717, 1.165) is 70.8 Å².